The van der Waals surface area contributed by atoms with Gasteiger partial charge in [0.2, 0.25) is 0 Å². The Morgan fingerprint density at radius 1 is 0.632 bits per heavy atom. The van der Waals surface area contributed by atoms with Crippen LogP contribution in [-0.4, -0.2) is 90.1 Å². The molecule has 1 fully saturated rings. The van der Waals surface area contributed by atoms with Gasteiger partial charge in [0, 0.05) is 24.2 Å². The number of amides is 2. The Bertz CT molecular complexity index is 724. The van der Waals surface area contributed by atoms with Gasteiger partial charge in [-0.2, -0.15) is 0 Å². The lowest BCUT2D eigenvalue weighted by atomic mass is 9.81. The SMILES string of the molecule is C=C(C)C(=O)OCCOCCOC(=O)NCC1CCCC(CNC(=O)OCCOCCOC(=O)C(=C)C)C1. The highest BCUT2D eigenvalue weighted by atomic mass is 16.6. The van der Waals surface area contributed by atoms with E-state index in [0.717, 1.165) is 25.7 Å². The Balaban J connectivity index is 2.03. The van der Waals surface area contributed by atoms with Crippen LogP contribution in [0.4, 0.5) is 9.59 Å². The van der Waals surface area contributed by atoms with Crippen LogP contribution in [0.15, 0.2) is 24.3 Å². The molecule has 0 heterocycles. The van der Waals surface area contributed by atoms with E-state index in [1.165, 1.54) is 0 Å². The number of hydrogen-bond donors (Lipinski definition) is 2. The minimum Gasteiger partial charge on any atom is -0.460 e. The van der Waals surface area contributed by atoms with Crippen LogP contribution in [0.3, 0.4) is 0 Å². The molecule has 0 spiro atoms. The molecule has 2 atom stereocenters. The van der Waals surface area contributed by atoms with Gasteiger partial charge in [-0.3, -0.25) is 0 Å². The van der Waals surface area contributed by atoms with E-state index in [1.54, 1.807) is 13.8 Å². The molecule has 12 nitrogen and oxygen atoms in total. The van der Waals surface area contributed by atoms with Crippen LogP contribution in [0, 0.1) is 11.8 Å². The first-order valence-electron chi connectivity index (χ1n) is 12.8. The lowest BCUT2D eigenvalue weighted by molar-refractivity contribution is -0.141. The fourth-order valence-electron chi connectivity index (χ4n) is 3.55. The van der Waals surface area contributed by atoms with E-state index in [-0.39, 0.29) is 52.9 Å². The van der Waals surface area contributed by atoms with Crippen molar-refractivity contribution in [2.75, 3.05) is 65.9 Å². The summed E-state index contributed by atoms with van der Waals surface area (Å²) in [5, 5.41) is 5.55. The van der Waals surface area contributed by atoms with E-state index >= 15 is 0 Å². The Labute approximate surface area is 224 Å². The Kier molecular flexibility index (Phi) is 17.3. The lowest BCUT2D eigenvalue weighted by Gasteiger charge is -2.29. The van der Waals surface area contributed by atoms with Gasteiger partial charge in [0.25, 0.3) is 0 Å². The van der Waals surface area contributed by atoms with Crippen LogP contribution in [0.1, 0.15) is 39.5 Å². The molecule has 38 heavy (non-hydrogen) atoms. The van der Waals surface area contributed by atoms with E-state index in [1.807, 2.05) is 0 Å². The van der Waals surface area contributed by atoms with Crippen molar-refractivity contribution < 1.29 is 47.6 Å². The molecular weight excluding hydrogens is 500 g/mol. The summed E-state index contributed by atoms with van der Waals surface area (Å²) in [5.41, 5.74) is 0.646. The van der Waals surface area contributed by atoms with Crippen molar-refractivity contribution in [2.24, 2.45) is 11.8 Å². The molecule has 2 unspecified atom stereocenters. The van der Waals surface area contributed by atoms with E-state index in [0.29, 0.717) is 36.1 Å². The van der Waals surface area contributed by atoms with Crippen LogP contribution in [0.25, 0.3) is 0 Å². The summed E-state index contributed by atoms with van der Waals surface area (Å²) < 4.78 is 30.4. The van der Waals surface area contributed by atoms with Gasteiger partial charge in [-0.05, 0) is 44.9 Å². The number of hydrogen-bond acceptors (Lipinski definition) is 10. The average molecular weight is 543 g/mol. The van der Waals surface area contributed by atoms with E-state index in [2.05, 4.69) is 23.8 Å². The number of esters is 2. The highest BCUT2D eigenvalue weighted by molar-refractivity contribution is 5.87. The van der Waals surface area contributed by atoms with Crippen LogP contribution in [0.2, 0.25) is 0 Å². The molecule has 0 aromatic carbocycles. The zero-order valence-electron chi connectivity index (χ0n) is 22.6. The standard InChI is InChI=1S/C26H42N2O10/c1-19(2)23(29)35-12-8-33-10-14-37-25(31)27-17-21-6-5-7-22(16-21)18-28-26(32)38-15-11-34-9-13-36-24(30)20(3)4/h21-22H,1,3,5-18H2,2,4H3,(H,27,31)(H,28,32). The smallest absolute Gasteiger partial charge is 0.407 e. The molecule has 216 valence electrons. The Hall–Kier alpha value is -3.12. The number of ether oxygens (including phenoxy) is 6. The van der Waals surface area contributed by atoms with Gasteiger partial charge < -0.3 is 39.1 Å². The summed E-state index contributed by atoms with van der Waals surface area (Å²) in [6.45, 7) is 12.3. The molecule has 0 aromatic heterocycles. The fourth-order valence-corrected chi connectivity index (χ4v) is 3.55. The second-order valence-corrected chi connectivity index (χ2v) is 8.99. The van der Waals surface area contributed by atoms with E-state index < -0.39 is 24.1 Å². The van der Waals surface area contributed by atoms with Crippen molar-refractivity contribution in [3.63, 3.8) is 0 Å². The number of carbonyl (C=O) groups is 4. The maximum atomic E-state index is 11.9. The van der Waals surface area contributed by atoms with Crippen molar-refractivity contribution in [3.8, 4) is 0 Å². The van der Waals surface area contributed by atoms with Crippen molar-refractivity contribution in [3.05, 3.63) is 24.3 Å². The van der Waals surface area contributed by atoms with Crippen LogP contribution < -0.4 is 10.6 Å². The normalized spacial score (nSPS) is 16.6. The molecule has 1 saturated carbocycles. The van der Waals surface area contributed by atoms with Gasteiger partial charge in [0.15, 0.2) is 0 Å². The van der Waals surface area contributed by atoms with Crippen molar-refractivity contribution >= 4 is 24.1 Å². The number of nitrogens with one attached hydrogen (secondary N) is 2. The van der Waals surface area contributed by atoms with Gasteiger partial charge in [-0.25, -0.2) is 19.2 Å². The molecule has 0 aliphatic heterocycles. The van der Waals surface area contributed by atoms with Crippen LogP contribution in [-0.2, 0) is 38.0 Å². The average Bonchev–Trinajstić information content (AvgIpc) is 2.89. The van der Waals surface area contributed by atoms with E-state index in [9.17, 15) is 19.2 Å². The largest absolute Gasteiger partial charge is 0.460 e. The minimum atomic E-state index is -0.512. The summed E-state index contributed by atoms with van der Waals surface area (Å²) in [6.07, 6.45) is 2.85. The van der Waals surface area contributed by atoms with Gasteiger partial charge in [0.05, 0.1) is 26.4 Å². The molecule has 12 heteroatoms. The number of alkyl carbamates (subject to hydrolysis) is 2. The first-order valence-corrected chi connectivity index (χ1v) is 12.8. The number of carbonyl (C=O) groups excluding carboxylic acids is 4. The van der Waals surface area contributed by atoms with Crippen molar-refractivity contribution in [2.45, 2.75) is 39.5 Å². The molecule has 1 rings (SSSR count). The molecule has 1 aliphatic rings. The lowest BCUT2D eigenvalue weighted by Crippen LogP contribution is -2.36. The monoisotopic (exact) mass is 542 g/mol. The second kappa shape index (κ2) is 19.9. The maximum absolute atomic E-state index is 11.9. The fraction of sp³-hybridized carbons (Fsp3) is 0.692. The third kappa shape index (κ3) is 16.6. The molecule has 0 bridgehead atoms. The van der Waals surface area contributed by atoms with Gasteiger partial charge >= 0.3 is 24.1 Å². The van der Waals surface area contributed by atoms with Gasteiger partial charge in [0.1, 0.15) is 26.4 Å². The third-order valence-corrected chi connectivity index (χ3v) is 5.50. The highest BCUT2D eigenvalue weighted by Crippen LogP contribution is 2.28. The maximum Gasteiger partial charge on any atom is 0.407 e. The first-order chi connectivity index (χ1) is 18.2. The second-order valence-electron chi connectivity index (χ2n) is 8.99. The van der Waals surface area contributed by atoms with E-state index in [4.69, 9.17) is 28.4 Å². The summed E-state index contributed by atoms with van der Waals surface area (Å²) in [4.78, 5) is 46.2. The van der Waals surface area contributed by atoms with Gasteiger partial charge in [-0.1, -0.05) is 19.6 Å². The molecule has 2 N–H and O–H groups in total. The quantitative estimate of drug-likeness (QED) is 0.115. The minimum absolute atomic E-state index is 0.0904. The predicted molar refractivity (Wildman–Crippen MR) is 137 cm³/mol. The van der Waals surface area contributed by atoms with Crippen LogP contribution >= 0.6 is 0 Å². The van der Waals surface area contributed by atoms with Crippen molar-refractivity contribution in [1.82, 2.24) is 10.6 Å². The zero-order valence-corrected chi connectivity index (χ0v) is 22.6. The summed E-state index contributed by atoms with van der Waals surface area (Å²) >= 11 is 0. The van der Waals surface area contributed by atoms with Gasteiger partial charge in [-0.15, -0.1) is 0 Å². The molecular formula is C26H42N2O10. The topological polar surface area (TPSA) is 148 Å². The molecule has 2 amide bonds. The summed E-state index contributed by atoms with van der Waals surface area (Å²) in [7, 11) is 0. The molecule has 0 aromatic rings. The Morgan fingerprint density at radius 2 is 1.00 bits per heavy atom. The Morgan fingerprint density at radius 3 is 1.37 bits per heavy atom. The molecule has 1 aliphatic carbocycles. The molecule has 0 radical (unpaired) electrons. The zero-order chi connectivity index (χ0) is 28.2. The first kappa shape index (κ1) is 32.9. The summed E-state index contributed by atoms with van der Waals surface area (Å²) in [6, 6.07) is 0. The van der Waals surface area contributed by atoms with Crippen molar-refractivity contribution in [1.29, 1.82) is 0 Å². The highest BCUT2D eigenvalue weighted by Gasteiger charge is 2.23. The summed E-state index contributed by atoms with van der Waals surface area (Å²) in [5.74, 6) is -0.343. The third-order valence-electron chi connectivity index (χ3n) is 5.50. The number of rotatable bonds is 18. The van der Waals surface area contributed by atoms with Crippen LogP contribution in [0.5, 0.6) is 0 Å². The predicted octanol–water partition coefficient (Wildman–Crippen LogP) is 2.52. The molecule has 0 saturated heterocycles.